The molecule has 1 aromatic heterocycles. The van der Waals surface area contributed by atoms with Crippen LogP contribution in [0.15, 0.2) is 41.3 Å². The number of anilines is 1. The van der Waals surface area contributed by atoms with E-state index in [4.69, 9.17) is 4.74 Å². The van der Waals surface area contributed by atoms with Crippen LogP contribution in [0.3, 0.4) is 0 Å². The molecule has 2 amide bonds. The smallest absolute Gasteiger partial charge is 0.307 e. The van der Waals surface area contributed by atoms with Gasteiger partial charge in [0.2, 0.25) is 17.6 Å². The summed E-state index contributed by atoms with van der Waals surface area (Å²) in [7, 11) is 0. The number of thiophene rings is 1. The van der Waals surface area contributed by atoms with E-state index in [1.54, 1.807) is 18.2 Å². The van der Waals surface area contributed by atoms with Gasteiger partial charge in [0, 0.05) is 16.7 Å². The number of esters is 1. The van der Waals surface area contributed by atoms with Gasteiger partial charge in [-0.1, -0.05) is 12.1 Å². The molecule has 0 fully saturated rings. The zero-order valence-electron chi connectivity index (χ0n) is 15.0. The Kier molecular flexibility index (Phi) is 6.48. The predicted octanol–water partition coefficient (Wildman–Crippen LogP) is 2.61. The molecule has 28 heavy (non-hydrogen) atoms. The van der Waals surface area contributed by atoms with Crippen LogP contribution < -0.4 is 10.6 Å². The third-order valence-electron chi connectivity index (χ3n) is 3.87. The average Bonchev–Trinajstić information content (AvgIpc) is 3.14. The Balaban J connectivity index is 1.48. The number of carbonyl (C=O) groups excluding carboxylic acids is 4. The second-order valence-corrected chi connectivity index (χ2v) is 8.47. The zero-order chi connectivity index (χ0) is 20.1. The van der Waals surface area contributed by atoms with Crippen LogP contribution in [0.1, 0.15) is 27.9 Å². The van der Waals surface area contributed by atoms with Gasteiger partial charge in [-0.2, -0.15) is 0 Å². The molecule has 2 N–H and O–H groups in total. The molecular formula is C19H18N2O5S2. The normalized spacial score (nSPS) is 15.3. The number of hydrogen-bond donors (Lipinski definition) is 2. The Hall–Kier alpha value is -2.65. The summed E-state index contributed by atoms with van der Waals surface area (Å²) in [6.07, 6.45) is -0.115. The van der Waals surface area contributed by atoms with Gasteiger partial charge in [0.05, 0.1) is 28.8 Å². The first-order valence-electron chi connectivity index (χ1n) is 8.51. The summed E-state index contributed by atoms with van der Waals surface area (Å²) >= 11 is 2.54. The Morgan fingerprint density at radius 1 is 1.18 bits per heavy atom. The summed E-state index contributed by atoms with van der Waals surface area (Å²) in [5.74, 6) is -1.33. The molecule has 1 atom stereocenters. The fraction of sp³-hybridized carbons (Fsp3) is 0.263. The van der Waals surface area contributed by atoms with E-state index in [0.717, 1.165) is 15.5 Å². The molecule has 1 unspecified atom stereocenters. The number of carbonyl (C=O) groups is 4. The minimum Gasteiger partial charge on any atom is -0.457 e. The van der Waals surface area contributed by atoms with E-state index in [2.05, 4.69) is 10.6 Å². The number of rotatable bonds is 7. The Labute approximate surface area is 169 Å². The molecule has 7 nitrogen and oxygen atoms in total. The van der Waals surface area contributed by atoms with Crippen LogP contribution in [0.2, 0.25) is 0 Å². The third-order valence-corrected chi connectivity index (χ3v) is 6.27. The standard InChI is InChI=1S/C19H18N2O5S2/c1-11(22)20-9-12-6-7-16(27-12)14(23)10-26-18(24)8-17-19(25)21-13-4-2-3-5-15(13)28-17/h2-7,17H,8-10H2,1H3,(H,20,22)(H,21,25). The lowest BCUT2D eigenvalue weighted by atomic mass is 10.2. The Morgan fingerprint density at radius 2 is 1.96 bits per heavy atom. The Bertz CT molecular complexity index is 925. The molecule has 9 heteroatoms. The number of nitrogens with one attached hydrogen (secondary N) is 2. The summed E-state index contributed by atoms with van der Waals surface area (Å²) in [6.45, 7) is 1.39. The molecule has 2 aromatic rings. The van der Waals surface area contributed by atoms with E-state index in [1.165, 1.54) is 30.0 Å². The number of Topliss-reactive ketones (excluding diaryl/α,β-unsaturated/α-hetero) is 1. The van der Waals surface area contributed by atoms with Crippen molar-refractivity contribution in [1.82, 2.24) is 5.32 Å². The summed E-state index contributed by atoms with van der Waals surface area (Å²) in [6, 6.07) is 10.7. The summed E-state index contributed by atoms with van der Waals surface area (Å²) in [5, 5.41) is 4.83. The lowest BCUT2D eigenvalue weighted by molar-refractivity contribution is -0.143. The van der Waals surface area contributed by atoms with Crippen molar-refractivity contribution in [1.29, 1.82) is 0 Å². The zero-order valence-corrected chi connectivity index (χ0v) is 16.7. The van der Waals surface area contributed by atoms with Gasteiger partial charge in [0.15, 0.2) is 6.61 Å². The highest BCUT2D eigenvalue weighted by Crippen LogP contribution is 2.36. The molecule has 1 aromatic carbocycles. The van der Waals surface area contributed by atoms with E-state index in [0.29, 0.717) is 11.4 Å². The van der Waals surface area contributed by atoms with Gasteiger partial charge in [-0.3, -0.25) is 19.2 Å². The van der Waals surface area contributed by atoms with E-state index in [-0.39, 0.29) is 30.6 Å². The predicted molar refractivity (Wildman–Crippen MR) is 106 cm³/mol. The van der Waals surface area contributed by atoms with Crippen LogP contribution >= 0.6 is 23.1 Å². The van der Waals surface area contributed by atoms with Gasteiger partial charge in [0.1, 0.15) is 0 Å². The maximum Gasteiger partial charge on any atom is 0.307 e. The largest absolute Gasteiger partial charge is 0.457 e. The molecule has 2 heterocycles. The van der Waals surface area contributed by atoms with Gasteiger partial charge in [-0.25, -0.2) is 0 Å². The summed E-state index contributed by atoms with van der Waals surface area (Å²) in [4.78, 5) is 49.5. The van der Waals surface area contributed by atoms with Gasteiger partial charge in [-0.15, -0.1) is 23.1 Å². The minimum atomic E-state index is -0.601. The number of ketones is 1. The third kappa shape index (κ3) is 5.20. The highest BCUT2D eigenvalue weighted by molar-refractivity contribution is 8.01. The van der Waals surface area contributed by atoms with Crippen LogP contribution in [-0.4, -0.2) is 35.4 Å². The molecular weight excluding hydrogens is 400 g/mol. The van der Waals surface area contributed by atoms with Gasteiger partial charge in [0.25, 0.3) is 0 Å². The molecule has 0 aliphatic carbocycles. The molecule has 0 saturated heterocycles. The van der Waals surface area contributed by atoms with Crippen molar-refractivity contribution in [2.75, 3.05) is 11.9 Å². The van der Waals surface area contributed by atoms with E-state index >= 15 is 0 Å². The monoisotopic (exact) mass is 418 g/mol. The van der Waals surface area contributed by atoms with E-state index < -0.39 is 11.2 Å². The molecule has 3 rings (SSSR count). The second-order valence-electron chi connectivity index (χ2n) is 6.06. The second kappa shape index (κ2) is 9.03. The number of thioether (sulfide) groups is 1. The molecule has 1 aliphatic heterocycles. The molecule has 146 valence electrons. The lowest BCUT2D eigenvalue weighted by Gasteiger charge is -2.23. The average molecular weight is 418 g/mol. The maximum absolute atomic E-state index is 12.2. The number of hydrogen-bond acceptors (Lipinski definition) is 7. The molecule has 0 saturated carbocycles. The van der Waals surface area contributed by atoms with E-state index in [1.807, 2.05) is 18.2 Å². The van der Waals surface area contributed by atoms with Crippen molar-refractivity contribution in [3.8, 4) is 0 Å². The SMILES string of the molecule is CC(=O)NCc1ccc(C(=O)COC(=O)CC2Sc3ccccc3NC2=O)s1. The first-order valence-corrected chi connectivity index (χ1v) is 10.2. The Morgan fingerprint density at radius 3 is 2.75 bits per heavy atom. The van der Waals surface area contributed by atoms with Crippen molar-refractivity contribution in [3.63, 3.8) is 0 Å². The number of benzene rings is 1. The molecule has 1 aliphatic rings. The van der Waals surface area contributed by atoms with Gasteiger partial charge >= 0.3 is 5.97 Å². The lowest BCUT2D eigenvalue weighted by Crippen LogP contribution is -2.31. The topological polar surface area (TPSA) is 102 Å². The van der Waals surface area contributed by atoms with E-state index in [9.17, 15) is 19.2 Å². The quantitative estimate of drug-likeness (QED) is 0.529. The molecule has 0 radical (unpaired) electrons. The fourth-order valence-corrected chi connectivity index (χ4v) is 4.46. The van der Waals surface area contributed by atoms with Gasteiger partial charge in [-0.05, 0) is 24.3 Å². The summed E-state index contributed by atoms with van der Waals surface area (Å²) < 4.78 is 5.06. The van der Waals surface area contributed by atoms with Crippen molar-refractivity contribution >= 4 is 52.4 Å². The van der Waals surface area contributed by atoms with Crippen LogP contribution in [0.4, 0.5) is 5.69 Å². The maximum atomic E-state index is 12.2. The number of amides is 2. The van der Waals surface area contributed by atoms with Crippen LogP contribution in [0, 0.1) is 0 Å². The number of para-hydroxylation sites is 1. The first-order chi connectivity index (χ1) is 13.4. The minimum absolute atomic E-state index is 0.115. The molecule has 0 spiro atoms. The van der Waals surface area contributed by atoms with Crippen LogP contribution in [0.5, 0.6) is 0 Å². The van der Waals surface area contributed by atoms with Gasteiger partial charge < -0.3 is 15.4 Å². The molecule has 0 bridgehead atoms. The van der Waals surface area contributed by atoms with Crippen LogP contribution in [0.25, 0.3) is 0 Å². The fourth-order valence-electron chi connectivity index (χ4n) is 2.49. The van der Waals surface area contributed by atoms with Crippen molar-refractivity contribution < 1.29 is 23.9 Å². The summed E-state index contributed by atoms with van der Waals surface area (Å²) in [5.41, 5.74) is 0.727. The van der Waals surface area contributed by atoms with Crippen molar-refractivity contribution in [2.45, 2.75) is 30.0 Å². The van der Waals surface area contributed by atoms with Crippen molar-refractivity contribution in [2.24, 2.45) is 0 Å². The number of fused-ring (bicyclic) bond motifs is 1. The highest BCUT2D eigenvalue weighted by Gasteiger charge is 2.29. The highest BCUT2D eigenvalue weighted by atomic mass is 32.2. The number of ether oxygens (including phenoxy) is 1. The first kappa shape index (κ1) is 20.1. The van der Waals surface area contributed by atoms with Crippen LogP contribution in [-0.2, 0) is 25.7 Å². The van der Waals surface area contributed by atoms with Crippen molar-refractivity contribution in [3.05, 3.63) is 46.2 Å².